The molecular formula is C36H28F2N6O3. The second-order valence-electron chi connectivity index (χ2n) is 12.1. The molecule has 0 radical (unpaired) electrons. The van der Waals surface area contributed by atoms with E-state index < -0.39 is 41.7 Å². The predicted octanol–water partition coefficient (Wildman–Crippen LogP) is 6.23. The summed E-state index contributed by atoms with van der Waals surface area (Å²) in [6, 6.07) is 22.5. The van der Waals surface area contributed by atoms with Crippen molar-refractivity contribution in [3.63, 3.8) is 0 Å². The van der Waals surface area contributed by atoms with Crippen molar-refractivity contribution in [1.29, 1.82) is 0 Å². The van der Waals surface area contributed by atoms with E-state index in [-0.39, 0.29) is 18.3 Å². The average Bonchev–Trinajstić information content (AvgIpc) is 3.75. The summed E-state index contributed by atoms with van der Waals surface area (Å²) in [5.41, 5.74) is 3.69. The molecule has 3 heterocycles. The minimum atomic E-state index is -1.07. The standard InChI is InChI=1S/C36H28F2N6O3/c37-25-15-11-21(12-16-25)19-24-7-3-9-28-31(24)40-44(33(28)23-13-17-26(38)18-14-23)30(45)20-42-34-32(39-41-42)35(46)43(36(34)47)29-10-4-6-22-5-1-2-8-27(22)29/h1-2,4-6,8,10-19,28,32-34H,3,7,9,20H2/b24-19-/t28-,32+,33-,34+/m0/s1. The van der Waals surface area contributed by atoms with Crippen LogP contribution >= 0.6 is 0 Å². The molecule has 0 unspecified atom stereocenters. The van der Waals surface area contributed by atoms with Crippen LogP contribution in [0.25, 0.3) is 16.8 Å². The lowest BCUT2D eigenvalue weighted by atomic mass is 9.77. The van der Waals surface area contributed by atoms with E-state index >= 15 is 0 Å². The van der Waals surface area contributed by atoms with E-state index in [9.17, 15) is 23.2 Å². The van der Waals surface area contributed by atoms with Crippen molar-refractivity contribution in [2.45, 2.75) is 37.4 Å². The molecule has 3 amide bonds. The van der Waals surface area contributed by atoms with E-state index in [1.54, 1.807) is 36.4 Å². The third-order valence-electron chi connectivity index (χ3n) is 9.34. The fourth-order valence-corrected chi connectivity index (χ4v) is 7.17. The van der Waals surface area contributed by atoms with Crippen molar-refractivity contribution in [3.05, 3.63) is 119 Å². The molecular weight excluding hydrogens is 602 g/mol. The van der Waals surface area contributed by atoms with Crippen LogP contribution in [-0.2, 0) is 14.4 Å². The highest BCUT2D eigenvalue weighted by atomic mass is 19.1. The number of amides is 3. The first kappa shape index (κ1) is 28.9. The third kappa shape index (κ3) is 4.89. The third-order valence-corrected chi connectivity index (χ3v) is 9.34. The van der Waals surface area contributed by atoms with Gasteiger partial charge < -0.3 is 0 Å². The molecule has 234 valence electrons. The molecule has 0 N–H and O–H groups in total. The maximum absolute atomic E-state index is 14.1. The van der Waals surface area contributed by atoms with Crippen molar-refractivity contribution in [2.24, 2.45) is 21.4 Å². The smallest absolute Gasteiger partial charge is 0.264 e. The van der Waals surface area contributed by atoms with Gasteiger partial charge in [-0.3, -0.25) is 19.4 Å². The first-order valence-corrected chi connectivity index (χ1v) is 15.5. The lowest BCUT2D eigenvalue weighted by molar-refractivity contribution is -0.136. The Morgan fingerprint density at radius 3 is 2.36 bits per heavy atom. The van der Waals surface area contributed by atoms with Crippen LogP contribution in [0.15, 0.2) is 112 Å². The summed E-state index contributed by atoms with van der Waals surface area (Å²) < 4.78 is 27.5. The number of halogens is 2. The largest absolute Gasteiger partial charge is 0.271 e. The van der Waals surface area contributed by atoms with Crippen molar-refractivity contribution in [2.75, 3.05) is 11.4 Å². The summed E-state index contributed by atoms with van der Waals surface area (Å²) in [6.07, 6.45) is 4.30. The van der Waals surface area contributed by atoms with Crippen LogP contribution in [0.4, 0.5) is 14.5 Å². The van der Waals surface area contributed by atoms with Crippen molar-refractivity contribution >= 4 is 46.0 Å². The number of fused-ring (bicyclic) bond motifs is 3. The molecule has 2 fully saturated rings. The fourth-order valence-electron chi connectivity index (χ4n) is 7.17. The van der Waals surface area contributed by atoms with Crippen LogP contribution in [0.5, 0.6) is 0 Å². The van der Waals surface area contributed by atoms with Gasteiger partial charge in [0.1, 0.15) is 18.2 Å². The highest BCUT2D eigenvalue weighted by Crippen LogP contribution is 2.45. The Kier molecular flexibility index (Phi) is 6.96. The monoisotopic (exact) mass is 630 g/mol. The summed E-state index contributed by atoms with van der Waals surface area (Å²) in [4.78, 5) is 42.6. The van der Waals surface area contributed by atoms with Gasteiger partial charge in [-0.1, -0.05) is 65.9 Å². The van der Waals surface area contributed by atoms with Crippen molar-refractivity contribution < 1.29 is 23.2 Å². The SMILES string of the molecule is O=C1[C@@H]2N=NN(CC(=O)N3N=C4/C(=C\c5ccc(F)cc5)CCC[C@@H]4[C@@H]3c3ccc(F)cc3)[C@H]2C(=O)N1c1cccc2ccccc12. The van der Waals surface area contributed by atoms with Crippen molar-refractivity contribution in [3.8, 4) is 0 Å². The minimum Gasteiger partial charge on any atom is -0.271 e. The molecule has 0 bridgehead atoms. The molecule has 4 aliphatic rings. The molecule has 4 aromatic carbocycles. The molecule has 0 aromatic heterocycles. The van der Waals surface area contributed by atoms with Crippen LogP contribution in [-0.4, -0.2) is 52.1 Å². The van der Waals surface area contributed by atoms with Gasteiger partial charge in [0.2, 0.25) is 0 Å². The molecule has 1 saturated carbocycles. The van der Waals surface area contributed by atoms with Gasteiger partial charge in [-0.15, -0.1) is 0 Å². The van der Waals surface area contributed by atoms with Crippen molar-refractivity contribution in [1.82, 2.24) is 10.0 Å². The summed E-state index contributed by atoms with van der Waals surface area (Å²) in [5.74, 6) is -2.32. The van der Waals surface area contributed by atoms with Gasteiger partial charge in [-0.05, 0) is 77.8 Å². The van der Waals surface area contributed by atoms with E-state index in [4.69, 9.17) is 5.10 Å². The zero-order valence-electron chi connectivity index (χ0n) is 25.0. The van der Waals surface area contributed by atoms with Gasteiger partial charge in [0.15, 0.2) is 12.1 Å². The van der Waals surface area contributed by atoms with E-state index in [0.717, 1.165) is 57.3 Å². The number of benzene rings is 4. The molecule has 9 nitrogen and oxygen atoms in total. The number of hydrogen-bond acceptors (Lipinski definition) is 7. The van der Waals surface area contributed by atoms with Gasteiger partial charge in [-0.25, -0.2) is 18.7 Å². The number of hydrazone groups is 1. The Balaban J connectivity index is 1.10. The molecule has 8 rings (SSSR count). The number of carbonyl (C=O) groups excluding carboxylic acids is 3. The number of imide groups is 1. The fraction of sp³-hybridized carbons (Fsp3) is 0.222. The highest BCUT2D eigenvalue weighted by Gasteiger charge is 2.56. The van der Waals surface area contributed by atoms with E-state index in [1.165, 1.54) is 34.3 Å². The highest BCUT2D eigenvalue weighted by molar-refractivity contribution is 6.27. The van der Waals surface area contributed by atoms with Gasteiger partial charge in [0.25, 0.3) is 17.7 Å². The van der Waals surface area contributed by atoms with Crippen LogP contribution in [0.3, 0.4) is 0 Å². The quantitative estimate of drug-likeness (QED) is 0.244. The molecule has 3 aliphatic heterocycles. The second kappa shape index (κ2) is 11.3. The molecule has 11 heteroatoms. The van der Waals surface area contributed by atoms with Crippen LogP contribution < -0.4 is 4.90 Å². The Bertz CT molecular complexity index is 2020. The van der Waals surface area contributed by atoms with Gasteiger partial charge in [-0.2, -0.15) is 10.2 Å². The Labute approximate surface area is 268 Å². The van der Waals surface area contributed by atoms with E-state index in [0.29, 0.717) is 5.69 Å². The van der Waals surface area contributed by atoms with Gasteiger partial charge in [0, 0.05) is 11.3 Å². The second-order valence-corrected chi connectivity index (χ2v) is 12.1. The molecule has 0 spiro atoms. The number of allylic oxidation sites excluding steroid dienone is 1. The first-order chi connectivity index (χ1) is 22.9. The normalized spacial score (nSPS) is 24.3. The maximum atomic E-state index is 14.1. The predicted molar refractivity (Wildman–Crippen MR) is 171 cm³/mol. The molecule has 4 aromatic rings. The average molecular weight is 631 g/mol. The molecule has 4 atom stereocenters. The minimum absolute atomic E-state index is 0.158. The topological polar surface area (TPSA) is 98.0 Å². The Morgan fingerprint density at radius 1 is 0.851 bits per heavy atom. The first-order valence-electron chi connectivity index (χ1n) is 15.5. The zero-order valence-corrected chi connectivity index (χ0v) is 25.0. The van der Waals surface area contributed by atoms with Crippen LogP contribution in [0.1, 0.15) is 36.4 Å². The number of nitrogens with zero attached hydrogens (tertiary/aromatic N) is 6. The molecule has 47 heavy (non-hydrogen) atoms. The Morgan fingerprint density at radius 2 is 1.57 bits per heavy atom. The molecule has 1 aliphatic carbocycles. The number of rotatable bonds is 5. The number of carbonyl (C=O) groups is 3. The lowest BCUT2D eigenvalue weighted by Crippen LogP contribution is -2.45. The number of hydrogen-bond donors (Lipinski definition) is 0. The summed E-state index contributed by atoms with van der Waals surface area (Å²) in [5, 5.41) is 17.4. The lowest BCUT2D eigenvalue weighted by Gasteiger charge is -2.30. The molecule has 1 saturated heterocycles. The number of anilines is 1. The van der Waals surface area contributed by atoms with Crippen LogP contribution in [0.2, 0.25) is 0 Å². The summed E-state index contributed by atoms with van der Waals surface area (Å²) >= 11 is 0. The van der Waals surface area contributed by atoms with Crippen LogP contribution in [0, 0.1) is 17.6 Å². The zero-order chi connectivity index (χ0) is 32.2. The van der Waals surface area contributed by atoms with E-state index in [2.05, 4.69) is 10.3 Å². The van der Waals surface area contributed by atoms with Gasteiger partial charge >= 0.3 is 0 Å². The maximum Gasteiger partial charge on any atom is 0.264 e. The van der Waals surface area contributed by atoms with Gasteiger partial charge in [0.05, 0.1) is 17.4 Å². The van der Waals surface area contributed by atoms with E-state index in [1.807, 2.05) is 36.4 Å². The summed E-state index contributed by atoms with van der Waals surface area (Å²) in [7, 11) is 0. The Hall–Kier alpha value is -5.58. The summed E-state index contributed by atoms with van der Waals surface area (Å²) in [6.45, 7) is -0.342.